The van der Waals surface area contributed by atoms with Gasteiger partial charge >= 0.3 is 11.8 Å². The molecule has 0 saturated heterocycles. The first-order valence-electron chi connectivity index (χ1n) is 7.68. The molecular formula is C17H18ClN3O4S. The molecule has 0 aromatic heterocycles. The fourth-order valence-electron chi connectivity index (χ4n) is 2.11. The van der Waals surface area contributed by atoms with Gasteiger partial charge in [0.05, 0.1) is 4.90 Å². The standard InChI is InChI=1S/C17H18ClN3O4S/c18-14-5-1-13(2-6-14)11-21-17(23)16(22)20-10-9-12-3-7-15(8-4-12)26(19,24)25/h1-8H,9-11H2,(H,20,22)(H,21,23)(H2,19,24,25). The predicted molar refractivity (Wildman–Crippen MR) is 97.8 cm³/mol. The van der Waals surface area contributed by atoms with E-state index in [2.05, 4.69) is 10.6 Å². The third kappa shape index (κ3) is 6.14. The van der Waals surface area contributed by atoms with Crippen LogP contribution in [-0.2, 0) is 32.6 Å². The molecule has 2 aromatic carbocycles. The van der Waals surface area contributed by atoms with Crippen LogP contribution in [0.1, 0.15) is 11.1 Å². The zero-order valence-electron chi connectivity index (χ0n) is 13.7. The molecular weight excluding hydrogens is 378 g/mol. The average molecular weight is 396 g/mol. The summed E-state index contributed by atoms with van der Waals surface area (Å²) in [5, 5.41) is 10.6. The number of amides is 2. The Kier molecular flexibility index (Phi) is 6.73. The van der Waals surface area contributed by atoms with Crippen molar-refractivity contribution in [3.63, 3.8) is 0 Å². The van der Waals surface area contributed by atoms with Crippen molar-refractivity contribution in [2.24, 2.45) is 5.14 Å². The summed E-state index contributed by atoms with van der Waals surface area (Å²) in [6.45, 7) is 0.459. The number of hydrogen-bond donors (Lipinski definition) is 3. The summed E-state index contributed by atoms with van der Waals surface area (Å²) in [7, 11) is -3.73. The van der Waals surface area contributed by atoms with Gasteiger partial charge in [-0.05, 0) is 41.8 Å². The summed E-state index contributed by atoms with van der Waals surface area (Å²) >= 11 is 5.78. The fourth-order valence-corrected chi connectivity index (χ4v) is 2.75. The van der Waals surface area contributed by atoms with Crippen LogP contribution in [0.4, 0.5) is 0 Å². The van der Waals surface area contributed by atoms with Gasteiger partial charge in [-0.1, -0.05) is 35.9 Å². The topological polar surface area (TPSA) is 118 Å². The Balaban J connectivity index is 1.75. The summed E-state index contributed by atoms with van der Waals surface area (Å²) in [6, 6.07) is 12.9. The van der Waals surface area contributed by atoms with Crippen molar-refractivity contribution in [1.29, 1.82) is 0 Å². The number of halogens is 1. The first-order valence-corrected chi connectivity index (χ1v) is 9.60. The van der Waals surface area contributed by atoms with Gasteiger partial charge in [0.2, 0.25) is 10.0 Å². The Labute approximate surface area is 156 Å². The number of sulfonamides is 1. The second-order valence-corrected chi connectivity index (χ2v) is 7.50. The molecule has 0 saturated carbocycles. The van der Waals surface area contributed by atoms with Crippen LogP contribution in [0.15, 0.2) is 53.4 Å². The molecule has 0 unspecified atom stereocenters. The minimum atomic E-state index is -3.73. The van der Waals surface area contributed by atoms with E-state index in [1.165, 1.54) is 12.1 Å². The smallest absolute Gasteiger partial charge is 0.309 e. The summed E-state index contributed by atoms with van der Waals surface area (Å²) in [6.07, 6.45) is 0.446. The van der Waals surface area contributed by atoms with Gasteiger partial charge in [0.1, 0.15) is 0 Å². The lowest BCUT2D eigenvalue weighted by atomic mass is 10.1. The maximum absolute atomic E-state index is 11.8. The van der Waals surface area contributed by atoms with Gasteiger partial charge in [-0.2, -0.15) is 0 Å². The third-order valence-electron chi connectivity index (χ3n) is 3.52. The van der Waals surface area contributed by atoms with Gasteiger partial charge in [-0.15, -0.1) is 0 Å². The predicted octanol–water partition coefficient (Wildman–Crippen LogP) is 0.962. The van der Waals surface area contributed by atoms with Gasteiger partial charge in [-0.3, -0.25) is 9.59 Å². The van der Waals surface area contributed by atoms with Crippen LogP contribution < -0.4 is 15.8 Å². The second kappa shape index (κ2) is 8.79. The summed E-state index contributed by atoms with van der Waals surface area (Å²) < 4.78 is 22.3. The van der Waals surface area contributed by atoms with Gasteiger partial charge in [-0.25, -0.2) is 13.6 Å². The number of primary sulfonamides is 1. The Morgan fingerprint density at radius 1 is 0.885 bits per heavy atom. The van der Waals surface area contributed by atoms with Gasteiger partial charge in [0.15, 0.2) is 0 Å². The Morgan fingerprint density at radius 3 is 2.00 bits per heavy atom. The van der Waals surface area contributed by atoms with Gasteiger partial charge in [0, 0.05) is 18.1 Å². The molecule has 2 rings (SSSR count). The highest BCUT2D eigenvalue weighted by molar-refractivity contribution is 7.89. The van der Waals surface area contributed by atoms with Gasteiger partial charge in [0.25, 0.3) is 0 Å². The number of nitrogens with two attached hydrogens (primary N) is 1. The minimum absolute atomic E-state index is 0.0202. The molecule has 0 aliphatic rings. The molecule has 0 atom stereocenters. The zero-order valence-corrected chi connectivity index (χ0v) is 15.3. The van der Waals surface area contributed by atoms with E-state index in [1.807, 2.05) is 0 Å². The SMILES string of the molecule is NS(=O)(=O)c1ccc(CCNC(=O)C(=O)NCc2ccc(Cl)cc2)cc1. The van der Waals surface area contributed by atoms with Crippen molar-refractivity contribution in [3.8, 4) is 0 Å². The summed E-state index contributed by atoms with van der Waals surface area (Å²) in [5.74, 6) is -1.47. The third-order valence-corrected chi connectivity index (χ3v) is 4.70. The molecule has 0 spiro atoms. The van der Waals surface area contributed by atoms with E-state index in [1.54, 1.807) is 36.4 Å². The highest BCUT2D eigenvalue weighted by Crippen LogP contribution is 2.09. The number of rotatable bonds is 6. The molecule has 0 radical (unpaired) electrons. The van der Waals surface area contributed by atoms with Crippen molar-refractivity contribution >= 4 is 33.4 Å². The number of benzene rings is 2. The van der Waals surface area contributed by atoms with E-state index >= 15 is 0 Å². The molecule has 0 bridgehead atoms. The molecule has 4 N–H and O–H groups in total. The van der Waals surface area contributed by atoms with Crippen LogP contribution in [0.2, 0.25) is 5.02 Å². The molecule has 2 amide bonds. The number of hydrogen-bond acceptors (Lipinski definition) is 4. The lowest BCUT2D eigenvalue weighted by Gasteiger charge is -2.07. The van der Waals surface area contributed by atoms with Crippen LogP contribution >= 0.6 is 11.6 Å². The minimum Gasteiger partial charge on any atom is -0.348 e. The lowest BCUT2D eigenvalue weighted by Crippen LogP contribution is -2.40. The van der Waals surface area contributed by atoms with E-state index in [0.717, 1.165) is 11.1 Å². The van der Waals surface area contributed by atoms with Crippen LogP contribution in [0.5, 0.6) is 0 Å². The molecule has 0 fully saturated rings. The monoisotopic (exact) mass is 395 g/mol. The Hall–Kier alpha value is -2.42. The van der Waals surface area contributed by atoms with Crippen LogP contribution in [-0.4, -0.2) is 26.8 Å². The van der Waals surface area contributed by atoms with Crippen molar-refractivity contribution in [2.75, 3.05) is 6.54 Å². The van der Waals surface area contributed by atoms with E-state index < -0.39 is 21.8 Å². The number of nitrogens with one attached hydrogen (secondary N) is 2. The molecule has 7 nitrogen and oxygen atoms in total. The van der Waals surface area contributed by atoms with Crippen molar-refractivity contribution < 1.29 is 18.0 Å². The van der Waals surface area contributed by atoms with E-state index in [4.69, 9.17) is 16.7 Å². The lowest BCUT2D eigenvalue weighted by molar-refractivity contribution is -0.139. The molecule has 9 heteroatoms. The zero-order chi connectivity index (χ0) is 19.2. The number of carbonyl (C=O) groups is 2. The number of carbonyl (C=O) groups excluding carboxylic acids is 2. The van der Waals surface area contributed by atoms with Crippen LogP contribution in [0, 0.1) is 0 Å². The van der Waals surface area contributed by atoms with Gasteiger partial charge < -0.3 is 10.6 Å². The largest absolute Gasteiger partial charge is 0.348 e. The quantitative estimate of drug-likeness (QED) is 0.631. The normalized spacial score (nSPS) is 11.0. The van der Waals surface area contributed by atoms with Crippen molar-refractivity contribution in [2.45, 2.75) is 17.9 Å². The average Bonchev–Trinajstić information content (AvgIpc) is 2.60. The van der Waals surface area contributed by atoms with E-state index in [0.29, 0.717) is 11.4 Å². The maximum Gasteiger partial charge on any atom is 0.309 e. The highest BCUT2D eigenvalue weighted by atomic mass is 35.5. The highest BCUT2D eigenvalue weighted by Gasteiger charge is 2.12. The summed E-state index contributed by atoms with van der Waals surface area (Å²) in [4.78, 5) is 23.5. The van der Waals surface area contributed by atoms with E-state index in [-0.39, 0.29) is 18.0 Å². The van der Waals surface area contributed by atoms with E-state index in [9.17, 15) is 18.0 Å². The Morgan fingerprint density at radius 2 is 1.42 bits per heavy atom. The first-order chi connectivity index (χ1) is 12.3. The first kappa shape index (κ1) is 19.9. The van der Waals surface area contributed by atoms with Crippen LogP contribution in [0.25, 0.3) is 0 Å². The van der Waals surface area contributed by atoms with Crippen molar-refractivity contribution in [3.05, 3.63) is 64.7 Å². The molecule has 0 heterocycles. The maximum atomic E-state index is 11.8. The van der Waals surface area contributed by atoms with Crippen molar-refractivity contribution in [1.82, 2.24) is 10.6 Å². The van der Waals surface area contributed by atoms with Crippen LogP contribution in [0.3, 0.4) is 0 Å². The fraction of sp³-hybridized carbons (Fsp3) is 0.176. The second-order valence-electron chi connectivity index (χ2n) is 5.50. The molecule has 0 aliphatic heterocycles. The molecule has 26 heavy (non-hydrogen) atoms. The Bertz CT molecular complexity index is 881. The molecule has 138 valence electrons. The summed E-state index contributed by atoms with van der Waals surface area (Å²) in [5.41, 5.74) is 1.63. The molecule has 0 aliphatic carbocycles. The molecule has 2 aromatic rings.